The molecule has 2 aromatic rings. The molecule has 5 nitrogen and oxygen atoms in total. The first-order valence-corrected chi connectivity index (χ1v) is 8.65. The third-order valence-electron chi connectivity index (χ3n) is 3.89. The van der Waals surface area contributed by atoms with Gasteiger partial charge in [-0.3, -0.25) is 0 Å². The first-order chi connectivity index (χ1) is 11.2. The van der Waals surface area contributed by atoms with Gasteiger partial charge in [0.15, 0.2) is 5.16 Å². The van der Waals surface area contributed by atoms with Gasteiger partial charge in [0.2, 0.25) is 0 Å². The Balaban J connectivity index is 1.61. The average Bonchev–Trinajstić information content (AvgIpc) is 3.04. The van der Waals surface area contributed by atoms with Crippen molar-refractivity contribution in [1.82, 2.24) is 15.3 Å². The lowest BCUT2D eigenvalue weighted by atomic mass is 10.2. The zero-order valence-corrected chi connectivity index (χ0v) is 13.9. The predicted molar refractivity (Wildman–Crippen MR) is 91.7 cm³/mol. The lowest BCUT2D eigenvalue weighted by Crippen LogP contribution is -2.36. The minimum Gasteiger partial charge on any atom is -0.335 e. The molecule has 0 unspecified atom stereocenters. The quantitative estimate of drug-likeness (QED) is 0.833. The Morgan fingerprint density at radius 2 is 1.96 bits per heavy atom. The number of carbonyl (C=O) groups excluding carboxylic acids is 1. The van der Waals surface area contributed by atoms with Gasteiger partial charge in [-0.25, -0.2) is 14.8 Å². The van der Waals surface area contributed by atoms with Crippen LogP contribution < -0.4 is 10.6 Å². The monoisotopic (exact) mass is 328 g/mol. The molecule has 1 aliphatic rings. The highest BCUT2D eigenvalue weighted by Gasteiger charge is 2.17. The fourth-order valence-electron chi connectivity index (χ4n) is 2.70. The van der Waals surface area contributed by atoms with Gasteiger partial charge < -0.3 is 10.6 Å². The van der Waals surface area contributed by atoms with E-state index >= 15 is 0 Å². The van der Waals surface area contributed by atoms with Crippen molar-refractivity contribution < 1.29 is 4.79 Å². The van der Waals surface area contributed by atoms with Crippen LogP contribution in [-0.2, 0) is 0 Å². The van der Waals surface area contributed by atoms with E-state index < -0.39 is 0 Å². The SMILES string of the molecule is Cc1cc(Sc2ncccn2)ccc1NC(=O)NC1CCCC1. The Morgan fingerprint density at radius 3 is 2.65 bits per heavy atom. The number of amides is 2. The van der Waals surface area contributed by atoms with Crippen molar-refractivity contribution in [3.8, 4) is 0 Å². The number of aryl methyl sites for hydroxylation is 1. The van der Waals surface area contributed by atoms with Gasteiger partial charge in [0.1, 0.15) is 0 Å². The van der Waals surface area contributed by atoms with Gasteiger partial charge in [0.05, 0.1) is 0 Å². The highest BCUT2D eigenvalue weighted by atomic mass is 32.2. The largest absolute Gasteiger partial charge is 0.335 e. The molecule has 23 heavy (non-hydrogen) atoms. The lowest BCUT2D eigenvalue weighted by molar-refractivity contribution is 0.248. The number of urea groups is 1. The van der Waals surface area contributed by atoms with E-state index in [4.69, 9.17) is 0 Å². The molecule has 2 N–H and O–H groups in total. The molecule has 0 radical (unpaired) electrons. The van der Waals surface area contributed by atoms with Crippen molar-refractivity contribution >= 4 is 23.5 Å². The molecular formula is C17H20N4OS. The highest BCUT2D eigenvalue weighted by molar-refractivity contribution is 7.99. The van der Waals surface area contributed by atoms with E-state index in [9.17, 15) is 4.79 Å². The maximum atomic E-state index is 12.0. The van der Waals surface area contributed by atoms with Gasteiger partial charge in [-0.15, -0.1) is 0 Å². The number of carbonyl (C=O) groups is 1. The van der Waals surface area contributed by atoms with E-state index in [1.165, 1.54) is 24.6 Å². The lowest BCUT2D eigenvalue weighted by Gasteiger charge is -2.14. The van der Waals surface area contributed by atoms with Crippen LogP contribution in [0.3, 0.4) is 0 Å². The Bertz CT molecular complexity index is 672. The molecule has 6 heteroatoms. The Kier molecular flexibility index (Phi) is 5.12. The van der Waals surface area contributed by atoms with Gasteiger partial charge in [-0.2, -0.15) is 0 Å². The minimum atomic E-state index is -0.119. The van der Waals surface area contributed by atoms with E-state index in [0.717, 1.165) is 29.0 Å². The zero-order valence-electron chi connectivity index (χ0n) is 13.1. The van der Waals surface area contributed by atoms with Crippen LogP contribution in [0.15, 0.2) is 46.7 Å². The number of aromatic nitrogens is 2. The third-order valence-corrected chi connectivity index (χ3v) is 4.77. The normalized spacial score (nSPS) is 14.7. The van der Waals surface area contributed by atoms with Crippen molar-refractivity contribution in [1.29, 1.82) is 0 Å². The fourth-order valence-corrected chi connectivity index (χ4v) is 3.51. The number of nitrogens with one attached hydrogen (secondary N) is 2. The Labute approximate surface area is 140 Å². The number of hydrogen-bond acceptors (Lipinski definition) is 4. The highest BCUT2D eigenvalue weighted by Crippen LogP contribution is 2.28. The van der Waals surface area contributed by atoms with E-state index in [1.54, 1.807) is 18.5 Å². The third kappa shape index (κ3) is 4.45. The van der Waals surface area contributed by atoms with E-state index in [0.29, 0.717) is 11.2 Å². The minimum absolute atomic E-state index is 0.119. The second-order valence-electron chi connectivity index (χ2n) is 5.69. The second-order valence-corrected chi connectivity index (χ2v) is 6.73. The van der Waals surface area contributed by atoms with Crippen molar-refractivity contribution in [3.05, 3.63) is 42.2 Å². The summed E-state index contributed by atoms with van der Waals surface area (Å²) in [7, 11) is 0. The summed E-state index contributed by atoms with van der Waals surface area (Å²) < 4.78 is 0. The average molecular weight is 328 g/mol. The molecule has 0 saturated heterocycles. The number of rotatable bonds is 4. The maximum Gasteiger partial charge on any atom is 0.319 e. The molecule has 1 fully saturated rings. The molecule has 2 amide bonds. The second kappa shape index (κ2) is 7.46. The van der Waals surface area contributed by atoms with Gasteiger partial charge in [0, 0.05) is 29.0 Å². The Morgan fingerprint density at radius 1 is 1.22 bits per heavy atom. The summed E-state index contributed by atoms with van der Waals surface area (Å²) in [5.41, 5.74) is 1.85. The first-order valence-electron chi connectivity index (χ1n) is 7.84. The van der Waals surface area contributed by atoms with Crippen LogP contribution in [0.4, 0.5) is 10.5 Å². The van der Waals surface area contributed by atoms with Crippen LogP contribution in [0.2, 0.25) is 0 Å². The van der Waals surface area contributed by atoms with Crippen molar-refractivity contribution in [2.75, 3.05) is 5.32 Å². The summed E-state index contributed by atoms with van der Waals surface area (Å²) in [4.78, 5) is 21.5. The molecule has 0 aliphatic heterocycles. The first kappa shape index (κ1) is 15.8. The van der Waals surface area contributed by atoms with Gasteiger partial charge in [-0.1, -0.05) is 12.8 Å². The van der Waals surface area contributed by atoms with Crippen LogP contribution in [-0.4, -0.2) is 22.0 Å². The summed E-state index contributed by atoms with van der Waals surface area (Å²) in [6, 6.07) is 7.93. The predicted octanol–water partition coefficient (Wildman–Crippen LogP) is 4.00. The molecule has 1 heterocycles. The smallest absolute Gasteiger partial charge is 0.319 e. The van der Waals surface area contributed by atoms with Crippen LogP contribution in [0.1, 0.15) is 31.2 Å². The molecule has 1 aliphatic carbocycles. The topological polar surface area (TPSA) is 66.9 Å². The van der Waals surface area contributed by atoms with Crippen LogP contribution in [0, 0.1) is 6.92 Å². The maximum absolute atomic E-state index is 12.0. The standard InChI is InChI=1S/C17H20N4OS/c1-12-11-14(23-17-18-9-4-10-19-17)7-8-15(12)21-16(22)20-13-5-2-3-6-13/h4,7-11,13H,2-3,5-6H2,1H3,(H2,20,21,22). The molecular weight excluding hydrogens is 308 g/mol. The Hall–Kier alpha value is -2.08. The molecule has 1 aromatic heterocycles. The number of nitrogens with zero attached hydrogens (tertiary/aromatic N) is 2. The van der Waals surface area contributed by atoms with E-state index in [2.05, 4.69) is 20.6 Å². The van der Waals surface area contributed by atoms with Crippen LogP contribution >= 0.6 is 11.8 Å². The number of anilines is 1. The van der Waals surface area contributed by atoms with Gasteiger partial charge in [-0.05, 0) is 61.4 Å². The van der Waals surface area contributed by atoms with Crippen molar-refractivity contribution in [3.63, 3.8) is 0 Å². The summed E-state index contributed by atoms with van der Waals surface area (Å²) in [5, 5.41) is 6.69. The number of benzene rings is 1. The van der Waals surface area contributed by atoms with Gasteiger partial charge in [0.25, 0.3) is 0 Å². The molecule has 3 rings (SSSR count). The van der Waals surface area contributed by atoms with E-state index in [1.807, 2.05) is 25.1 Å². The van der Waals surface area contributed by atoms with Crippen LogP contribution in [0.5, 0.6) is 0 Å². The molecule has 0 spiro atoms. The zero-order chi connectivity index (χ0) is 16.1. The summed E-state index contributed by atoms with van der Waals surface area (Å²) >= 11 is 1.50. The van der Waals surface area contributed by atoms with Gasteiger partial charge >= 0.3 is 6.03 Å². The molecule has 1 aromatic carbocycles. The van der Waals surface area contributed by atoms with Crippen molar-refractivity contribution in [2.24, 2.45) is 0 Å². The summed E-state index contributed by atoms with van der Waals surface area (Å²) in [5.74, 6) is 0. The van der Waals surface area contributed by atoms with E-state index in [-0.39, 0.29) is 6.03 Å². The number of hydrogen-bond donors (Lipinski definition) is 2. The summed E-state index contributed by atoms with van der Waals surface area (Å²) in [6.45, 7) is 1.99. The molecule has 0 bridgehead atoms. The molecule has 0 atom stereocenters. The molecule has 1 saturated carbocycles. The van der Waals surface area contributed by atoms with Crippen LogP contribution in [0.25, 0.3) is 0 Å². The van der Waals surface area contributed by atoms with Crippen molar-refractivity contribution in [2.45, 2.75) is 48.7 Å². The molecule has 120 valence electrons. The fraction of sp³-hybridized carbons (Fsp3) is 0.353. The summed E-state index contributed by atoms with van der Waals surface area (Å²) in [6.07, 6.45) is 8.03.